The van der Waals surface area contributed by atoms with Gasteiger partial charge in [-0.1, -0.05) is 61.5 Å². The summed E-state index contributed by atoms with van der Waals surface area (Å²) in [5, 5.41) is 2.64. The van der Waals surface area contributed by atoms with Gasteiger partial charge in [0.1, 0.15) is 41.1 Å². The quantitative estimate of drug-likeness (QED) is 0.110. The average Bonchev–Trinajstić information content (AvgIpc) is 3.63. The minimum atomic E-state index is -0.779. The Bertz CT molecular complexity index is 2580. The summed E-state index contributed by atoms with van der Waals surface area (Å²) in [5.41, 5.74) is 1.79. The third-order valence-corrected chi connectivity index (χ3v) is 14.9. The molecule has 0 radical (unpaired) electrons. The maximum absolute atomic E-state index is 16.5. The number of amides is 4. The van der Waals surface area contributed by atoms with Gasteiger partial charge in [0, 0.05) is 55.7 Å². The third-order valence-electron chi connectivity index (χ3n) is 14.4. The number of anilines is 1. The number of likely N-dealkylation sites (tertiary alicyclic amines) is 1. The number of fused-ring (bicyclic) bond motifs is 2. The Kier molecular flexibility index (Phi) is 13.6. The van der Waals surface area contributed by atoms with E-state index < -0.39 is 29.4 Å². The number of imide groups is 1. The highest BCUT2D eigenvalue weighted by atomic mass is 35.5. The monoisotopic (exact) mass is 945 g/mol. The van der Waals surface area contributed by atoms with Gasteiger partial charge in [-0.2, -0.15) is 0 Å². The van der Waals surface area contributed by atoms with Crippen molar-refractivity contribution >= 4 is 63.6 Å². The van der Waals surface area contributed by atoms with Crippen molar-refractivity contribution in [1.29, 1.82) is 0 Å². The van der Waals surface area contributed by atoms with E-state index in [1.54, 1.807) is 23.1 Å². The number of hydrogen-bond donors (Lipinski definition) is 1. The molecule has 17 heteroatoms. The number of piperazine rings is 1. The first-order valence-electron chi connectivity index (χ1n) is 23.0. The number of nitrogens with zero attached hydrogens (tertiary/aromatic N) is 6. The van der Waals surface area contributed by atoms with Gasteiger partial charge in [0.2, 0.25) is 11.8 Å². The van der Waals surface area contributed by atoms with E-state index in [2.05, 4.69) is 26.8 Å². The molecule has 5 heterocycles. The largest absolute Gasteiger partial charge is 0.493 e. The number of rotatable bonds is 12. The van der Waals surface area contributed by atoms with Crippen molar-refractivity contribution in [2.75, 3.05) is 57.3 Å². The summed E-state index contributed by atoms with van der Waals surface area (Å²) in [6.45, 7) is 8.44. The number of halogens is 5. The lowest BCUT2D eigenvalue weighted by molar-refractivity contribution is -0.137. The standard InChI is InChI=1S/C49H52Cl2F3N7O5/c1-28(50)48(64)60-20-18-59(19-21-60)46-35-25-37(51)42(44(54)45(35)55-27-56-46)43-38(53)3-2-4-40(43)66-22-14-30-7-5-29(6-8-30)11-15-58-16-12-31(13-17-58)33-23-32(52)24-34-36(33)26-61(49(34)65)39-9-10-41(62)57-47(39)63/h2-4,23-25,27,29-31,39H,1,5-22,26H2,(H,57,62,63). The summed E-state index contributed by atoms with van der Waals surface area (Å²) in [5.74, 6) is -1.57. The van der Waals surface area contributed by atoms with Crippen molar-refractivity contribution in [2.24, 2.45) is 11.8 Å². The Labute approximate surface area is 391 Å². The second-order valence-corrected chi connectivity index (χ2v) is 19.2. The molecule has 1 aromatic heterocycles. The van der Waals surface area contributed by atoms with Crippen LogP contribution in [0.1, 0.15) is 91.6 Å². The molecule has 1 unspecified atom stereocenters. The molecule has 12 nitrogen and oxygen atoms in total. The fraction of sp³-hybridized carbons (Fsp3) is 0.469. The van der Waals surface area contributed by atoms with Crippen molar-refractivity contribution in [3.05, 3.63) is 93.5 Å². The summed E-state index contributed by atoms with van der Waals surface area (Å²) < 4.78 is 53.3. The lowest BCUT2D eigenvalue weighted by Crippen LogP contribution is -2.52. The molecule has 1 N–H and O–H groups in total. The molecule has 0 spiro atoms. The van der Waals surface area contributed by atoms with Gasteiger partial charge in [-0.05, 0) is 111 Å². The van der Waals surface area contributed by atoms with Gasteiger partial charge < -0.3 is 24.3 Å². The number of carbonyl (C=O) groups excluding carboxylic acids is 4. The number of ether oxygens (including phenoxy) is 1. The van der Waals surface area contributed by atoms with Gasteiger partial charge in [-0.25, -0.2) is 23.1 Å². The number of aromatic nitrogens is 2. The number of nitrogens with one attached hydrogen (secondary N) is 1. The Morgan fingerprint density at radius 3 is 2.32 bits per heavy atom. The highest BCUT2D eigenvalue weighted by molar-refractivity contribution is 6.41. The zero-order valence-corrected chi connectivity index (χ0v) is 38.1. The molecule has 1 saturated carbocycles. The maximum atomic E-state index is 16.5. The van der Waals surface area contributed by atoms with E-state index in [1.165, 1.54) is 29.4 Å². The van der Waals surface area contributed by atoms with Crippen LogP contribution in [0.4, 0.5) is 19.0 Å². The first-order chi connectivity index (χ1) is 31.8. The van der Waals surface area contributed by atoms with Crippen LogP contribution in [-0.4, -0.2) is 107 Å². The lowest BCUT2D eigenvalue weighted by Gasteiger charge is -2.35. The molecule has 3 aromatic carbocycles. The first-order valence-corrected chi connectivity index (χ1v) is 23.7. The maximum Gasteiger partial charge on any atom is 0.264 e. The minimum absolute atomic E-state index is 0.00503. The van der Waals surface area contributed by atoms with E-state index in [-0.39, 0.29) is 75.5 Å². The number of hydrogen-bond acceptors (Lipinski definition) is 9. The average molecular weight is 947 g/mol. The molecule has 1 aliphatic carbocycles. The van der Waals surface area contributed by atoms with Gasteiger partial charge in [0.05, 0.1) is 22.2 Å². The first kappa shape index (κ1) is 45.9. The van der Waals surface area contributed by atoms with E-state index in [9.17, 15) is 23.6 Å². The molecule has 4 aromatic rings. The highest BCUT2D eigenvalue weighted by Gasteiger charge is 2.41. The molecule has 9 rings (SSSR count). The summed E-state index contributed by atoms with van der Waals surface area (Å²) in [6.07, 6.45) is 9.62. The molecular formula is C49H52Cl2F3N7O5. The van der Waals surface area contributed by atoms with Gasteiger partial charge in [-0.15, -0.1) is 0 Å². The van der Waals surface area contributed by atoms with Crippen LogP contribution in [0.2, 0.25) is 5.02 Å². The van der Waals surface area contributed by atoms with E-state index in [0.29, 0.717) is 61.4 Å². The van der Waals surface area contributed by atoms with E-state index in [0.717, 1.165) is 82.1 Å². The Hall–Kier alpha value is -5.25. The summed E-state index contributed by atoms with van der Waals surface area (Å²) in [7, 11) is 0. The van der Waals surface area contributed by atoms with Gasteiger partial charge in [-0.3, -0.25) is 24.5 Å². The molecular weight excluding hydrogens is 894 g/mol. The summed E-state index contributed by atoms with van der Waals surface area (Å²) >= 11 is 12.6. The molecule has 0 bridgehead atoms. The van der Waals surface area contributed by atoms with E-state index in [1.807, 2.05) is 4.90 Å². The van der Waals surface area contributed by atoms with Crippen molar-refractivity contribution in [2.45, 2.75) is 82.7 Å². The molecule has 4 aliphatic heterocycles. The number of benzene rings is 3. The normalized spacial score (nSPS) is 21.9. The predicted molar refractivity (Wildman–Crippen MR) is 245 cm³/mol. The van der Waals surface area contributed by atoms with Crippen molar-refractivity contribution < 1.29 is 37.1 Å². The van der Waals surface area contributed by atoms with Crippen molar-refractivity contribution in [1.82, 2.24) is 30.0 Å². The molecule has 1 atom stereocenters. The zero-order valence-electron chi connectivity index (χ0n) is 36.6. The van der Waals surface area contributed by atoms with Crippen LogP contribution in [0.3, 0.4) is 0 Å². The minimum Gasteiger partial charge on any atom is -0.493 e. The fourth-order valence-corrected chi connectivity index (χ4v) is 11.2. The summed E-state index contributed by atoms with van der Waals surface area (Å²) in [4.78, 5) is 66.1. The van der Waals surface area contributed by atoms with Crippen LogP contribution >= 0.6 is 23.2 Å². The van der Waals surface area contributed by atoms with Gasteiger partial charge >= 0.3 is 0 Å². The van der Waals surface area contributed by atoms with Crippen LogP contribution < -0.4 is 15.0 Å². The van der Waals surface area contributed by atoms with Crippen LogP contribution in [-0.2, 0) is 20.9 Å². The molecule has 348 valence electrons. The fourth-order valence-electron chi connectivity index (χ4n) is 10.8. The summed E-state index contributed by atoms with van der Waals surface area (Å²) in [6, 6.07) is 8.08. The predicted octanol–water partition coefficient (Wildman–Crippen LogP) is 8.37. The zero-order chi connectivity index (χ0) is 46.2. The smallest absolute Gasteiger partial charge is 0.264 e. The third kappa shape index (κ3) is 9.35. The lowest BCUT2D eigenvalue weighted by atomic mass is 9.79. The molecule has 5 aliphatic rings. The topological polar surface area (TPSA) is 128 Å². The molecule has 3 saturated heterocycles. The van der Waals surface area contributed by atoms with E-state index >= 15 is 8.78 Å². The number of carbonyl (C=O) groups is 4. The SMILES string of the molecule is C=C(Cl)C(=O)N1CCN(c2ncnc3c(F)c(-c4c(F)cccc4OCCC4CCC(CCN5CCC(c6cc(F)cc7c6CN(C6CCC(=O)NC6=O)C7=O)CC5)CC4)c(Cl)cc23)CC1. The van der Waals surface area contributed by atoms with Gasteiger partial charge in [0.25, 0.3) is 11.8 Å². The van der Waals surface area contributed by atoms with Crippen LogP contribution in [0.25, 0.3) is 22.0 Å². The molecule has 66 heavy (non-hydrogen) atoms. The Morgan fingerprint density at radius 2 is 1.61 bits per heavy atom. The second-order valence-electron chi connectivity index (χ2n) is 18.3. The Balaban J connectivity index is 0.754. The number of piperidine rings is 2. The van der Waals surface area contributed by atoms with Gasteiger partial charge in [0.15, 0.2) is 5.82 Å². The highest BCUT2D eigenvalue weighted by Crippen LogP contribution is 2.44. The van der Waals surface area contributed by atoms with Crippen molar-refractivity contribution in [3.63, 3.8) is 0 Å². The van der Waals surface area contributed by atoms with Crippen molar-refractivity contribution in [3.8, 4) is 16.9 Å². The second kappa shape index (κ2) is 19.5. The Morgan fingerprint density at radius 1 is 0.879 bits per heavy atom. The van der Waals surface area contributed by atoms with E-state index in [4.69, 9.17) is 27.9 Å². The molecule has 4 amide bonds. The van der Waals surface area contributed by atoms with Crippen LogP contribution in [0.15, 0.2) is 54.3 Å². The van der Waals surface area contributed by atoms with Crippen LogP contribution in [0.5, 0.6) is 5.75 Å². The molecule has 4 fully saturated rings. The van der Waals surface area contributed by atoms with Crippen LogP contribution in [0, 0.1) is 29.3 Å².